The van der Waals surface area contributed by atoms with Crippen LogP contribution in [0.25, 0.3) is 0 Å². The molecule has 0 bridgehead atoms. The second-order valence-electron chi connectivity index (χ2n) is 4.54. The topological polar surface area (TPSA) is 29.5 Å². The molecule has 3 nitrogen and oxygen atoms in total. The smallest absolute Gasteiger partial charge is 0.179 e. The van der Waals surface area contributed by atoms with E-state index in [4.69, 9.17) is 4.74 Å². The first-order valence-electron chi connectivity index (χ1n) is 6.45. The number of methoxy groups -OCH3 is 1. The van der Waals surface area contributed by atoms with Crippen LogP contribution in [0.4, 0.5) is 0 Å². The van der Waals surface area contributed by atoms with E-state index >= 15 is 0 Å². The van der Waals surface area contributed by atoms with Gasteiger partial charge in [-0.15, -0.1) is 0 Å². The van der Waals surface area contributed by atoms with Crippen molar-refractivity contribution in [3.05, 3.63) is 35.9 Å². The number of carbonyl (C=O) groups is 1. The predicted molar refractivity (Wildman–Crippen MR) is 74.0 cm³/mol. The summed E-state index contributed by atoms with van der Waals surface area (Å²) in [4.78, 5) is 14.5. The van der Waals surface area contributed by atoms with Crippen LogP contribution in [0.5, 0.6) is 0 Å². The third-order valence-electron chi connectivity index (χ3n) is 3.27. The molecule has 1 aromatic carbocycles. The van der Waals surface area contributed by atoms with Crippen LogP contribution in [0.1, 0.15) is 31.1 Å². The molecule has 0 N–H and O–H groups in total. The highest BCUT2D eigenvalue weighted by Crippen LogP contribution is 2.12. The number of rotatable bonds is 7. The number of likely N-dealkylation sites (N-methyl/N-ethyl adjacent to an activating group) is 1. The first kappa shape index (κ1) is 14.9. The minimum absolute atomic E-state index is 0.123. The molecule has 0 saturated heterocycles. The molecule has 100 valence electrons. The molecule has 0 aliphatic carbocycles. The van der Waals surface area contributed by atoms with Gasteiger partial charge in [-0.3, -0.25) is 9.69 Å². The summed E-state index contributed by atoms with van der Waals surface area (Å²) in [5.41, 5.74) is 0.771. The summed E-state index contributed by atoms with van der Waals surface area (Å²) in [6, 6.07) is 9.57. The molecule has 0 aliphatic heterocycles. The summed E-state index contributed by atoms with van der Waals surface area (Å²) in [6.45, 7) is 7.60. The Kier molecular flexibility index (Phi) is 6.02. The average Bonchev–Trinajstić information content (AvgIpc) is 2.40. The van der Waals surface area contributed by atoms with Crippen molar-refractivity contribution in [3.63, 3.8) is 0 Å². The Labute approximate surface area is 110 Å². The third kappa shape index (κ3) is 3.65. The molecule has 0 amide bonds. The molecule has 1 rings (SSSR count). The predicted octanol–water partition coefficient (Wildman–Crippen LogP) is 2.61. The minimum Gasteiger partial charge on any atom is -0.383 e. The fourth-order valence-electron chi connectivity index (χ4n) is 2.30. The van der Waals surface area contributed by atoms with Gasteiger partial charge in [0.25, 0.3) is 0 Å². The SMILES string of the molecule is CCN(C(C)COC)C(C)C(=O)c1ccccc1. The standard InChI is InChI=1S/C15H23NO2/c1-5-16(12(2)11-18-4)13(3)15(17)14-9-7-6-8-10-14/h6-10,12-13H,5,11H2,1-4H3. The molecule has 18 heavy (non-hydrogen) atoms. The van der Waals surface area contributed by atoms with Gasteiger partial charge in [0.2, 0.25) is 0 Å². The largest absolute Gasteiger partial charge is 0.383 e. The molecule has 3 heteroatoms. The molecular weight excluding hydrogens is 226 g/mol. The van der Waals surface area contributed by atoms with E-state index in [0.29, 0.717) is 6.61 Å². The number of nitrogens with zero attached hydrogens (tertiary/aromatic N) is 1. The van der Waals surface area contributed by atoms with E-state index in [1.165, 1.54) is 0 Å². The van der Waals surface area contributed by atoms with E-state index in [-0.39, 0.29) is 17.9 Å². The molecule has 0 fully saturated rings. The normalized spacial score (nSPS) is 14.5. The van der Waals surface area contributed by atoms with Crippen LogP contribution in [0.2, 0.25) is 0 Å². The average molecular weight is 249 g/mol. The lowest BCUT2D eigenvalue weighted by molar-refractivity contribution is 0.0612. The summed E-state index contributed by atoms with van der Waals surface area (Å²) in [5.74, 6) is 0.167. The molecular formula is C15H23NO2. The molecule has 0 spiro atoms. The molecule has 0 heterocycles. The molecule has 2 atom stereocenters. The number of benzene rings is 1. The van der Waals surface area contributed by atoms with Gasteiger partial charge in [0.05, 0.1) is 12.6 Å². The van der Waals surface area contributed by atoms with Gasteiger partial charge in [0.15, 0.2) is 5.78 Å². The Hall–Kier alpha value is -1.19. The van der Waals surface area contributed by atoms with Gasteiger partial charge in [0.1, 0.15) is 0 Å². The van der Waals surface area contributed by atoms with Crippen molar-refractivity contribution in [1.29, 1.82) is 0 Å². The number of ketones is 1. The van der Waals surface area contributed by atoms with Crippen LogP contribution in [0.3, 0.4) is 0 Å². The van der Waals surface area contributed by atoms with Gasteiger partial charge < -0.3 is 4.74 Å². The zero-order valence-electron chi connectivity index (χ0n) is 11.7. The van der Waals surface area contributed by atoms with Gasteiger partial charge in [-0.25, -0.2) is 0 Å². The lowest BCUT2D eigenvalue weighted by Gasteiger charge is -2.32. The monoisotopic (exact) mass is 249 g/mol. The summed E-state index contributed by atoms with van der Waals surface area (Å²) < 4.78 is 5.17. The van der Waals surface area contributed by atoms with E-state index in [9.17, 15) is 4.79 Å². The van der Waals surface area contributed by atoms with Crippen molar-refractivity contribution in [1.82, 2.24) is 4.90 Å². The van der Waals surface area contributed by atoms with Crippen LogP contribution in [0.15, 0.2) is 30.3 Å². The van der Waals surface area contributed by atoms with Crippen molar-refractivity contribution in [3.8, 4) is 0 Å². The third-order valence-corrected chi connectivity index (χ3v) is 3.27. The molecule has 0 saturated carbocycles. The summed E-state index contributed by atoms with van der Waals surface area (Å²) in [5, 5.41) is 0. The highest BCUT2D eigenvalue weighted by atomic mass is 16.5. The lowest BCUT2D eigenvalue weighted by atomic mass is 10.0. The Bertz CT molecular complexity index is 364. The van der Waals surface area contributed by atoms with E-state index in [0.717, 1.165) is 12.1 Å². The summed E-state index contributed by atoms with van der Waals surface area (Å²) in [6.07, 6.45) is 0. The number of Topliss-reactive ketones (excluding diaryl/α,β-unsaturated/α-hetero) is 1. The van der Waals surface area contributed by atoms with Crippen LogP contribution in [-0.2, 0) is 4.74 Å². The molecule has 2 unspecified atom stereocenters. The van der Waals surface area contributed by atoms with Crippen molar-refractivity contribution in [2.24, 2.45) is 0 Å². The number of ether oxygens (including phenoxy) is 1. The van der Waals surface area contributed by atoms with Crippen LogP contribution < -0.4 is 0 Å². The van der Waals surface area contributed by atoms with Gasteiger partial charge in [0, 0.05) is 18.7 Å². The van der Waals surface area contributed by atoms with Gasteiger partial charge in [-0.1, -0.05) is 37.3 Å². The van der Waals surface area contributed by atoms with Crippen molar-refractivity contribution in [2.45, 2.75) is 32.9 Å². The maximum atomic E-state index is 12.4. The molecule has 0 aliphatic rings. The van der Waals surface area contributed by atoms with Crippen molar-refractivity contribution in [2.75, 3.05) is 20.3 Å². The van der Waals surface area contributed by atoms with Crippen LogP contribution in [-0.4, -0.2) is 43.0 Å². The summed E-state index contributed by atoms with van der Waals surface area (Å²) in [7, 11) is 1.69. The second kappa shape index (κ2) is 7.29. The molecule has 1 aromatic rings. The Morgan fingerprint density at radius 1 is 1.28 bits per heavy atom. The fourth-order valence-corrected chi connectivity index (χ4v) is 2.30. The molecule has 0 radical (unpaired) electrons. The lowest BCUT2D eigenvalue weighted by Crippen LogP contribution is -2.46. The van der Waals surface area contributed by atoms with Gasteiger partial charge in [-0.2, -0.15) is 0 Å². The Balaban J connectivity index is 2.78. The van der Waals surface area contributed by atoms with Crippen LogP contribution in [0, 0.1) is 0 Å². The number of hydrogen-bond donors (Lipinski definition) is 0. The quantitative estimate of drug-likeness (QED) is 0.696. The molecule has 0 aromatic heterocycles. The van der Waals surface area contributed by atoms with Crippen molar-refractivity contribution < 1.29 is 9.53 Å². The number of hydrogen-bond acceptors (Lipinski definition) is 3. The zero-order valence-corrected chi connectivity index (χ0v) is 11.7. The first-order valence-corrected chi connectivity index (χ1v) is 6.45. The highest BCUT2D eigenvalue weighted by Gasteiger charge is 2.24. The summed E-state index contributed by atoms with van der Waals surface area (Å²) >= 11 is 0. The van der Waals surface area contributed by atoms with E-state index in [1.807, 2.05) is 37.3 Å². The van der Waals surface area contributed by atoms with E-state index in [1.54, 1.807) is 7.11 Å². The highest BCUT2D eigenvalue weighted by molar-refractivity contribution is 5.99. The fraction of sp³-hybridized carbons (Fsp3) is 0.533. The minimum atomic E-state index is -0.123. The van der Waals surface area contributed by atoms with Crippen molar-refractivity contribution >= 4 is 5.78 Å². The van der Waals surface area contributed by atoms with Gasteiger partial charge in [-0.05, 0) is 20.4 Å². The maximum absolute atomic E-state index is 12.4. The van der Waals surface area contributed by atoms with E-state index in [2.05, 4.69) is 18.7 Å². The number of carbonyl (C=O) groups excluding carboxylic acids is 1. The van der Waals surface area contributed by atoms with Gasteiger partial charge >= 0.3 is 0 Å². The second-order valence-corrected chi connectivity index (χ2v) is 4.54. The Morgan fingerprint density at radius 3 is 2.39 bits per heavy atom. The maximum Gasteiger partial charge on any atom is 0.179 e. The van der Waals surface area contributed by atoms with E-state index < -0.39 is 0 Å². The Morgan fingerprint density at radius 2 is 1.89 bits per heavy atom. The first-order chi connectivity index (χ1) is 8.61. The van der Waals surface area contributed by atoms with Crippen LogP contribution >= 0.6 is 0 Å². The zero-order chi connectivity index (χ0) is 13.5.